The van der Waals surface area contributed by atoms with Crippen LogP contribution in [0.4, 0.5) is 0 Å². The Morgan fingerprint density at radius 1 is 0.727 bits per heavy atom. The second-order valence-corrected chi connectivity index (χ2v) is 5.76. The van der Waals surface area contributed by atoms with Crippen molar-refractivity contribution >= 4 is 0 Å². The monoisotopic (exact) mass is 300 g/mol. The summed E-state index contributed by atoms with van der Waals surface area (Å²) in [7, 11) is 0. The van der Waals surface area contributed by atoms with Gasteiger partial charge in [-0.1, -0.05) is 50.5 Å². The van der Waals surface area contributed by atoms with E-state index in [-0.39, 0.29) is 11.5 Å². The third-order valence-corrected chi connectivity index (χ3v) is 4.08. The van der Waals surface area contributed by atoms with E-state index < -0.39 is 5.60 Å². The zero-order valence-corrected chi connectivity index (χ0v) is 13.0. The highest BCUT2D eigenvalue weighted by Crippen LogP contribution is 2.36. The first kappa shape index (κ1) is 16.4. The Bertz CT molecular complexity index is 527. The lowest BCUT2D eigenvalue weighted by Crippen LogP contribution is -2.27. The minimum Gasteiger partial charge on any atom is -0.508 e. The minimum absolute atomic E-state index is 0.183. The Hall–Kier alpha value is -2.00. The van der Waals surface area contributed by atoms with E-state index in [1.807, 2.05) is 0 Å². The summed E-state index contributed by atoms with van der Waals surface area (Å²) in [5.41, 5.74) is 0.412. The Balaban J connectivity index is 2.30. The van der Waals surface area contributed by atoms with E-state index >= 15 is 0 Å². The van der Waals surface area contributed by atoms with Crippen LogP contribution in [0.1, 0.15) is 50.2 Å². The van der Waals surface area contributed by atoms with Gasteiger partial charge in [-0.3, -0.25) is 0 Å². The summed E-state index contributed by atoms with van der Waals surface area (Å²) in [6.07, 6.45) is 4.92. The molecule has 0 aliphatic carbocycles. The summed E-state index contributed by atoms with van der Waals surface area (Å²) in [4.78, 5) is 0. The lowest BCUT2D eigenvalue weighted by atomic mass is 9.82. The van der Waals surface area contributed by atoms with Crippen molar-refractivity contribution in [3.05, 3.63) is 59.7 Å². The van der Waals surface area contributed by atoms with Gasteiger partial charge in [0.15, 0.2) is 0 Å². The zero-order chi connectivity index (χ0) is 16.0. The first-order valence-corrected chi connectivity index (χ1v) is 7.87. The third-order valence-electron chi connectivity index (χ3n) is 4.08. The second-order valence-electron chi connectivity index (χ2n) is 5.76. The van der Waals surface area contributed by atoms with Crippen molar-refractivity contribution in [3.63, 3.8) is 0 Å². The predicted octanol–water partition coefficient (Wildman–Crippen LogP) is 4.30. The average Bonchev–Trinajstić information content (AvgIpc) is 2.52. The van der Waals surface area contributed by atoms with Gasteiger partial charge >= 0.3 is 0 Å². The van der Waals surface area contributed by atoms with Crippen molar-refractivity contribution < 1.29 is 15.3 Å². The summed E-state index contributed by atoms with van der Waals surface area (Å²) in [6, 6.07) is 13.4. The SMILES string of the molecule is CCCCCCC(O)(c1ccc(O)cc1)c1ccc(O)cc1. The van der Waals surface area contributed by atoms with E-state index in [1.54, 1.807) is 48.5 Å². The van der Waals surface area contributed by atoms with E-state index in [9.17, 15) is 15.3 Å². The minimum atomic E-state index is -1.10. The number of aliphatic hydroxyl groups is 1. The van der Waals surface area contributed by atoms with Gasteiger partial charge in [0.25, 0.3) is 0 Å². The maximum atomic E-state index is 11.3. The van der Waals surface area contributed by atoms with Gasteiger partial charge in [-0.15, -0.1) is 0 Å². The van der Waals surface area contributed by atoms with Crippen LogP contribution in [0, 0.1) is 0 Å². The molecule has 0 atom stereocenters. The highest BCUT2D eigenvalue weighted by molar-refractivity contribution is 5.40. The molecule has 2 rings (SSSR count). The number of phenols is 2. The number of hydrogen-bond acceptors (Lipinski definition) is 3. The van der Waals surface area contributed by atoms with Gasteiger partial charge in [0.05, 0.1) is 0 Å². The van der Waals surface area contributed by atoms with Crippen molar-refractivity contribution in [2.75, 3.05) is 0 Å². The molecule has 0 bridgehead atoms. The van der Waals surface area contributed by atoms with E-state index in [0.717, 1.165) is 36.8 Å². The number of unbranched alkanes of at least 4 members (excludes halogenated alkanes) is 3. The first-order chi connectivity index (χ1) is 10.6. The molecular weight excluding hydrogens is 276 g/mol. The van der Waals surface area contributed by atoms with Crippen molar-refractivity contribution in [1.82, 2.24) is 0 Å². The molecule has 2 aromatic carbocycles. The van der Waals surface area contributed by atoms with Crippen LogP contribution in [0.2, 0.25) is 0 Å². The van der Waals surface area contributed by atoms with Gasteiger partial charge in [-0.05, 0) is 48.2 Å². The van der Waals surface area contributed by atoms with Crippen LogP contribution in [0.25, 0.3) is 0 Å². The molecular formula is C19H24O3. The molecule has 0 heterocycles. The Kier molecular flexibility index (Phi) is 5.45. The van der Waals surface area contributed by atoms with E-state index in [2.05, 4.69) is 6.92 Å². The largest absolute Gasteiger partial charge is 0.508 e. The van der Waals surface area contributed by atoms with Gasteiger partial charge in [0.2, 0.25) is 0 Å². The van der Waals surface area contributed by atoms with Gasteiger partial charge in [0.1, 0.15) is 17.1 Å². The average molecular weight is 300 g/mol. The summed E-state index contributed by atoms with van der Waals surface area (Å²) < 4.78 is 0. The molecule has 3 nitrogen and oxygen atoms in total. The van der Waals surface area contributed by atoms with Crippen molar-refractivity contribution in [3.8, 4) is 11.5 Å². The third kappa shape index (κ3) is 3.80. The molecule has 0 spiro atoms. The zero-order valence-electron chi connectivity index (χ0n) is 13.0. The summed E-state index contributed by atoms with van der Waals surface area (Å²) in [5, 5.41) is 30.2. The molecule has 0 saturated carbocycles. The van der Waals surface area contributed by atoms with E-state index in [4.69, 9.17) is 0 Å². The summed E-state index contributed by atoms with van der Waals surface area (Å²) >= 11 is 0. The van der Waals surface area contributed by atoms with Crippen LogP contribution in [0.5, 0.6) is 11.5 Å². The van der Waals surface area contributed by atoms with E-state index in [1.165, 1.54) is 0 Å². The fourth-order valence-electron chi connectivity index (χ4n) is 2.74. The quantitative estimate of drug-likeness (QED) is 0.668. The van der Waals surface area contributed by atoms with Crippen molar-refractivity contribution in [2.24, 2.45) is 0 Å². The maximum absolute atomic E-state index is 11.3. The van der Waals surface area contributed by atoms with E-state index in [0.29, 0.717) is 6.42 Å². The molecule has 0 radical (unpaired) electrons. The van der Waals surface area contributed by atoms with Crippen LogP contribution in [-0.2, 0) is 5.60 Å². The van der Waals surface area contributed by atoms with Crippen LogP contribution < -0.4 is 0 Å². The standard InChI is InChI=1S/C19H24O3/c1-2-3-4-5-14-19(22,15-6-10-17(20)11-7-15)16-8-12-18(21)13-9-16/h6-13,20-22H,2-5,14H2,1H3. The highest BCUT2D eigenvalue weighted by Gasteiger charge is 2.30. The molecule has 0 saturated heterocycles. The van der Waals surface area contributed by atoms with Crippen LogP contribution in [0.15, 0.2) is 48.5 Å². The number of hydrogen-bond donors (Lipinski definition) is 3. The second kappa shape index (κ2) is 7.32. The molecule has 3 N–H and O–H groups in total. The molecule has 0 unspecified atom stereocenters. The number of phenolic OH excluding ortho intramolecular Hbond substituents is 2. The van der Waals surface area contributed by atoms with Crippen LogP contribution >= 0.6 is 0 Å². The van der Waals surface area contributed by atoms with Gasteiger partial charge in [-0.25, -0.2) is 0 Å². The fourth-order valence-corrected chi connectivity index (χ4v) is 2.74. The predicted molar refractivity (Wildman–Crippen MR) is 88.0 cm³/mol. The Morgan fingerprint density at radius 3 is 1.59 bits per heavy atom. The molecule has 0 aliphatic rings. The number of rotatable bonds is 7. The maximum Gasteiger partial charge on any atom is 0.115 e. The lowest BCUT2D eigenvalue weighted by molar-refractivity contribution is 0.0678. The normalized spacial score (nSPS) is 11.5. The summed E-state index contributed by atoms with van der Waals surface area (Å²) in [6.45, 7) is 2.16. The fraction of sp³-hybridized carbons (Fsp3) is 0.368. The topological polar surface area (TPSA) is 60.7 Å². The van der Waals surface area contributed by atoms with Gasteiger partial charge in [0, 0.05) is 0 Å². The molecule has 0 fully saturated rings. The van der Waals surface area contributed by atoms with Crippen molar-refractivity contribution in [1.29, 1.82) is 0 Å². The Morgan fingerprint density at radius 2 is 1.18 bits per heavy atom. The molecule has 3 heteroatoms. The molecule has 118 valence electrons. The van der Waals surface area contributed by atoms with Gasteiger partial charge in [-0.2, -0.15) is 0 Å². The highest BCUT2D eigenvalue weighted by atomic mass is 16.3. The van der Waals surface area contributed by atoms with Crippen molar-refractivity contribution in [2.45, 2.75) is 44.6 Å². The molecule has 0 aliphatic heterocycles. The number of aromatic hydroxyl groups is 2. The van der Waals surface area contributed by atoms with Gasteiger partial charge < -0.3 is 15.3 Å². The molecule has 2 aromatic rings. The first-order valence-electron chi connectivity index (χ1n) is 7.87. The van der Waals surface area contributed by atoms with Crippen LogP contribution in [-0.4, -0.2) is 15.3 Å². The summed E-state index contributed by atoms with van der Waals surface area (Å²) in [5.74, 6) is 0.366. The smallest absolute Gasteiger partial charge is 0.115 e. The molecule has 22 heavy (non-hydrogen) atoms. The Labute approximate surface area is 131 Å². The number of benzene rings is 2. The lowest BCUT2D eigenvalue weighted by Gasteiger charge is -2.29. The van der Waals surface area contributed by atoms with Crippen LogP contribution in [0.3, 0.4) is 0 Å². The molecule has 0 amide bonds. The molecule has 0 aromatic heterocycles.